The number of aliphatic hydroxyl groups is 1. The second-order valence-electron chi connectivity index (χ2n) is 3.75. The number of amides is 2. The Labute approximate surface area is 108 Å². The molecule has 0 saturated heterocycles. The van der Waals surface area contributed by atoms with Crippen molar-refractivity contribution in [2.45, 2.75) is 0 Å². The first-order valence-corrected chi connectivity index (χ1v) is 5.64. The minimum Gasteiger partial charge on any atom is -0.465 e. The van der Waals surface area contributed by atoms with Crippen LogP contribution in [-0.4, -0.2) is 41.9 Å². The third kappa shape index (κ3) is 2.00. The minimum absolute atomic E-state index is 0.111. The second kappa shape index (κ2) is 4.83. The van der Waals surface area contributed by atoms with Gasteiger partial charge < -0.3 is 15.1 Å². The van der Waals surface area contributed by atoms with Gasteiger partial charge in [-0.1, -0.05) is 17.7 Å². The zero-order valence-corrected chi connectivity index (χ0v) is 10.1. The summed E-state index contributed by atoms with van der Waals surface area (Å²) in [5.74, 6) is -0.388. The average molecular weight is 271 g/mol. The van der Waals surface area contributed by atoms with E-state index in [4.69, 9.17) is 21.8 Å². The molecule has 1 aromatic carbocycles. The zero-order valence-electron chi connectivity index (χ0n) is 9.34. The lowest BCUT2D eigenvalue weighted by Gasteiger charge is -2.34. The summed E-state index contributed by atoms with van der Waals surface area (Å²) in [4.78, 5) is 25.2. The van der Waals surface area contributed by atoms with Crippen molar-refractivity contribution in [3.8, 4) is 0 Å². The van der Waals surface area contributed by atoms with Crippen molar-refractivity contribution in [3.63, 3.8) is 0 Å². The van der Waals surface area contributed by atoms with Crippen LogP contribution in [0.3, 0.4) is 0 Å². The molecule has 1 aromatic rings. The zero-order chi connectivity index (χ0) is 13.3. The fourth-order valence-corrected chi connectivity index (χ4v) is 2.20. The number of β-amino-alcohol motifs (C(OH)–C–C–N with tert-alkyl or cyclic N) is 1. The SMILES string of the molecule is O=C1CN(C(=O)O)c2c(Cl)cccc2N1CCO. The topological polar surface area (TPSA) is 81.1 Å². The normalized spacial score (nSPS) is 14.7. The number of aliphatic hydroxyl groups excluding tert-OH is 1. The largest absolute Gasteiger partial charge is 0.465 e. The van der Waals surface area contributed by atoms with Crippen LogP contribution < -0.4 is 9.80 Å². The van der Waals surface area contributed by atoms with E-state index in [0.717, 1.165) is 4.90 Å². The molecule has 1 aliphatic rings. The van der Waals surface area contributed by atoms with E-state index in [-0.39, 0.29) is 36.3 Å². The molecule has 1 aliphatic heterocycles. The highest BCUT2D eigenvalue weighted by molar-refractivity contribution is 6.35. The van der Waals surface area contributed by atoms with Gasteiger partial charge in [0.05, 0.1) is 23.0 Å². The summed E-state index contributed by atoms with van der Waals surface area (Å²) in [6.45, 7) is -0.392. The van der Waals surface area contributed by atoms with Crippen LogP contribution in [0.2, 0.25) is 5.02 Å². The smallest absolute Gasteiger partial charge is 0.412 e. The summed E-state index contributed by atoms with van der Waals surface area (Å²) in [5, 5.41) is 18.3. The molecule has 2 N–H and O–H groups in total. The highest BCUT2D eigenvalue weighted by atomic mass is 35.5. The number of carboxylic acid groups (broad SMARTS) is 1. The molecule has 7 heteroatoms. The Bertz CT molecular complexity index is 506. The number of rotatable bonds is 2. The summed E-state index contributed by atoms with van der Waals surface area (Å²) >= 11 is 5.99. The first kappa shape index (κ1) is 12.7. The number of anilines is 2. The maximum atomic E-state index is 11.8. The Balaban J connectivity index is 2.56. The molecule has 0 aliphatic carbocycles. The molecule has 0 aromatic heterocycles. The minimum atomic E-state index is -1.23. The van der Waals surface area contributed by atoms with Crippen LogP contribution in [0.25, 0.3) is 0 Å². The number of nitrogens with zero attached hydrogens (tertiary/aromatic N) is 2. The standard InChI is InChI=1S/C11H11ClN2O4/c12-7-2-1-3-8-10(7)14(11(17)18)6-9(16)13(8)4-5-15/h1-3,15H,4-6H2,(H,17,18). The number of carbonyl (C=O) groups is 2. The van der Waals surface area contributed by atoms with Crippen molar-refractivity contribution in [2.24, 2.45) is 0 Å². The summed E-state index contributed by atoms with van der Waals surface area (Å²) in [6, 6.07) is 4.79. The van der Waals surface area contributed by atoms with Gasteiger partial charge in [-0.15, -0.1) is 0 Å². The molecule has 0 saturated carbocycles. The maximum absolute atomic E-state index is 11.8. The van der Waals surface area contributed by atoms with Crippen LogP contribution in [0.4, 0.5) is 16.2 Å². The number of carbonyl (C=O) groups excluding carboxylic acids is 1. The maximum Gasteiger partial charge on any atom is 0.412 e. The van der Waals surface area contributed by atoms with Gasteiger partial charge in [0, 0.05) is 6.54 Å². The molecule has 1 heterocycles. The summed E-state index contributed by atoms with van der Waals surface area (Å²) in [6.07, 6.45) is -1.23. The van der Waals surface area contributed by atoms with E-state index >= 15 is 0 Å². The second-order valence-corrected chi connectivity index (χ2v) is 4.15. The van der Waals surface area contributed by atoms with Gasteiger partial charge in [-0.25, -0.2) is 4.79 Å². The predicted octanol–water partition coefficient (Wildman–Crippen LogP) is 1.16. The van der Waals surface area contributed by atoms with E-state index in [9.17, 15) is 9.59 Å². The molecule has 0 unspecified atom stereocenters. The van der Waals surface area contributed by atoms with Crippen LogP contribution in [0.15, 0.2) is 18.2 Å². The Hall–Kier alpha value is -1.79. The van der Waals surface area contributed by atoms with Crippen LogP contribution in [0, 0.1) is 0 Å². The van der Waals surface area contributed by atoms with Gasteiger partial charge in [0.15, 0.2) is 0 Å². The molecule has 0 radical (unpaired) electrons. The summed E-state index contributed by atoms with van der Waals surface area (Å²) in [7, 11) is 0. The average Bonchev–Trinajstić information content (AvgIpc) is 2.32. The van der Waals surface area contributed by atoms with E-state index in [1.807, 2.05) is 0 Å². The Morgan fingerprint density at radius 1 is 1.44 bits per heavy atom. The molecule has 2 rings (SSSR count). The Morgan fingerprint density at radius 2 is 2.17 bits per heavy atom. The highest BCUT2D eigenvalue weighted by Crippen LogP contribution is 2.39. The van der Waals surface area contributed by atoms with Crippen molar-refractivity contribution in [2.75, 3.05) is 29.5 Å². The van der Waals surface area contributed by atoms with Gasteiger partial charge in [0.2, 0.25) is 5.91 Å². The van der Waals surface area contributed by atoms with E-state index < -0.39 is 6.09 Å². The summed E-state index contributed by atoms with van der Waals surface area (Å²) < 4.78 is 0. The quantitative estimate of drug-likeness (QED) is 0.845. The lowest BCUT2D eigenvalue weighted by Crippen LogP contribution is -2.48. The predicted molar refractivity (Wildman–Crippen MR) is 66.3 cm³/mol. The molecule has 6 nitrogen and oxygen atoms in total. The van der Waals surface area contributed by atoms with Gasteiger partial charge in [-0.3, -0.25) is 9.69 Å². The van der Waals surface area contributed by atoms with E-state index in [1.54, 1.807) is 18.2 Å². The van der Waals surface area contributed by atoms with Gasteiger partial charge in [0.1, 0.15) is 6.54 Å². The van der Waals surface area contributed by atoms with Gasteiger partial charge >= 0.3 is 6.09 Å². The molecular weight excluding hydrogens is 260 g/mol. The molecule has 0 atom stereocenters. The third-order valence-corrected chi connectivity index (χ3v) is 2.98. The van der Waals surface area contributed by atoms with E-state index in [2.05, 4.69) is 0 Å². The molecule has 2 amide bonds. The molecule has 18 heavy (non-hydrogen) atoms. The Kier molecular flexibility index (Phi) is 3.40. The van der Waals surface area contributed by atoms with Crippen LogP contribution in [0.5, 0.6) is 0 Å². The molecule has 0 bridgehead atoms. The summed E-state index contributed by atoms with van der Waals surface area (Å²) in [5.41, 5.74) is 0.676. The monoisotopic (exact) mass is 270 g/mol. The number of fused-ring (bicyclic) bond motifs is 1. The third-order valence-electron chi connectivity index (χ3n) is 2.68. The number of hydrogen-bond acceptors (Lipinski definition) is 3. The first-order valence-electron chi connectivity index (χ1n) is 5.26. The molecule has 96 valence electrons. The van der Waals surface area contributed by atoms with Crippen molar-refractivity contribution >= 4 is 35.0 Å². The molecule has 0 spiro atoms. The van der Waals surface area contributed by atoms with Crippen LogP contribution in [-0.2, 0) is 4.79 Å². The van der Waals surface area contributed by atoms with Crippen LogP contribution >= 0.6 is 11.6 Å². The van der Waals surface area contributed by atoms with E-state index in [0.29, 0.717) is 5.69 Å². The fourth-order valence-electron chi connectivity index (χ4n) is 1.93. The van der Waals surface area contributed by atoms with Crippen molar-refractivity contribution in [1.29, 1.82) is 0 Å². The first-order chi connectivity index (χ1) is 8.56. The number of hydrogen-bond donors (Lipinski definition) is 2. The number of halogens is 1. The lowest BCUT2D eigenvalue weighted by atomic mass is 10.1. The van der Waals surface area contributed by atoms with Crippen molar-refractivity contribution in [3.05, 3.63) is 23.2 Å². The van der Waals surface area contributed by atoms with Gasteiger partial charge in [-0.2, -0.15) is 0 Å². The highest BCUT2D eigenvalue weighted by Gasteiger charge is 2.33. The number of para-hydroxylation sites is 1. The van der Waals surface area contributed by atoms with E-state index in [1.165, 1.54) is 4.90 Å². The van der Waals surface area contributed by atoms with Crippen molar-refractivity contribution < 1.29 is 19.8 Å². The molecule has 0 fully saturated rings. The van der Waals surface area contributed by atoms with Crippen molar-refractivity contribution in [1.82, 2.24) is 0 Å². The van der Waals surface area contributed by atoms with Gasteiger partial charge in [0.25, 0.3) is 0 Å². The molecular formula is C11H11ClN2O4. The fraction of sp³-hybridized carbons (Fsp3) is 0.273. The van der Waals surface area contributed by atoms with Gasteiger partial charge in [-0.05, 0) is 12.1 Å². The van der Waals surface area contributed by atoms with Crippen LogP contribution in [0.1, 0.15) is 0 Å². The lowest BCUT2D eigenvalue weighted by molar-refractivity contribution is -0.117. The Morgan fingerprint density at radius 3 is 2.78 bits per heavy atom. The number of benzene rings is 1.